The van der Waals surface area contributed by atoms with Crippen molar-refractivity contribution in [2.45, 2.75) is 120 Å². The van der Waals surface area contributed by atoms with Gasteiger partial charge >= 0.3 is 11.9 Å². The molecule has 3 fully saturated rings. The molecule has 0 bridgehead atoms. The number of carboxylic acids is 2. The number of aromatic carboxylic acids is 1. The number of nitrogens with one attached hydrogen (secondary N) is 2. The van der Waals surface area contributed by atoms with Crippen molar-refractivity contribution < 1.29 is 47.0 Å². The van der Waals surface area contributed by atoms with E-state index in [0.29, 0.717) is 38.6 Å². The molecule has 5 aromatic rings. The molecule has 4 aromatic carbocycles. The van der Waals surface area contributed by atoms with Crippen LogP contribution in [0.5, 0.6) is 0 Å². The van der Waals surface area contributed by atoms with Crippen LogP contribution in [0, 0.1) is 47.0 Å². The van der Waals surface area contributed by atoms with Crippen LogP contribution in [0.25, 0.3) is 11.0 Å². The van der Waals surface area contributed by atoms with E-state index in [9.17, 15) is 32.3 Å². The summed E-state index contributed by atoms with van der Waals surface area (Å²) in [5.41, 5.74) is 13.3. The Morgan fingerprint density at radius 3 is 1.49 bits per heavy atom. The summed E-state index contributed by atoms with van der Waals surface area (Å²) >= 11 is 20.1. The Hall–Kier alpha value is -4.35. The Morgan fingerprint density at radius 2 is 1.10 bits per heavy atom. The molecular formula is C53H70BrCl4F3N4O7. The Labute approximate surface area is 451 Å². The van der Waals surface area contributed by atoms with E-state index < -0.39 is 29.4 Å². The zero-order valence-electron chi connectivity index (χ0n) is 38.1. The van der Waals surface area contributed by atoms with Gasteiger partial charge in [-0.1, -0.05) is 127 Å². The molecule has 8 rings (SSSR count). The van der Waals surface area contributed by atoms with Gasteiger partial charge < -0.3 is 36.7 Å². The molecule has 0 aliphatic heterocycles. The highest BCUT2D eigenvalue weighted by molar-refractivity contribution is 9.10. The second kappa shape index (κ2) is 33.5. The second-order valence-electron chi connectivity index (χ2n) is 16.9. The summed E-state index contributed by atoms with van der Waals surface area (Å²) in [6, 6.07) is 19.1. The fourth-order valence-electron chi connectivity index (χ4n) is 8.23. The van der Waals surface area contributed by atoms with Gasteiger partial charge in [0.2, 0.25) is 11.8 Å². The quantitative estimate of drug-likeness (QED) is 0.0831. The number of fused-ring (bicyclic) bond motifs is 1. The van der Waals surface area contributed by atoms with Gasteiger partial charge in [0.25, 0.3) is 0 Å². The number of carboxylic acid groups (broad SMARTS) is 2. The molecule has 2 amide bonds. The summed E-state index contributed by atoms with van der Waals surface area (Å²) in [6.07, 6.45) is 10.4. The predicted molar refractivity (Wildman–Crippen MR) is 290 cm³/mol. The molecule has 3 aliphatic carbocycles. The first-order valence-corrected chi connectivity index (χ1v) is 24.2. The third-order valence-electron chi connectivity index (χ3n) is 12.3. The zero-order chi connectivity index (χ0) is 50.1. The maximum atomic E-state index is 13.6. The van der Waals surface area contributed by atoms with E-state index in [1.807, 2.05) is 6.92 Å². The van der Waals surface area contributed by atoms with Crippen LogP contribution in [0.15, 0.2) is 87.9 Å². The fraction of sp³-hybridized carbons (Fsp3) is 0.434. The molecule has 11 nitrogen and oxygen atoms in total. The fourth-order valence-corrected chi connectivity index (χ4v) is 9.38. The lowest BCUT2D eigenvalue weighted by atomic mass is 9.97. The Bertz CT molecular complexity index is 2420. The third-order valence-corrected chi connectivity index (χ3v) is 13.7. The summed E-state index contributed by atoms with van der Waals surface area (Å²) in [5, 5.41) is 23.9. The van der Waals surface area contributed by atoms with Crippen LogP contribution < -0.4 is 22.1 Å². The lowest BCUT2D eigenvalue weighted by Crippen LogP contribution is -2.38. The van der Waals surface area contributed by atoms with Crippen molar-refractivity contribution in [2.24, 2.45) is 41.1 Å². The number of carbonyl (C=O) groups is 4. The van der Waals surface area contributed by atoms with Gasteiger partial charge in [-0.3, -0.25) is 14.4 Å². The SMILES string of the molecule is C.C.C.C[C@@H]1CCC[C@H]1C(=O)NCc1cccc(Cl)c1F.C[C@@H]1CCC[C@H]1C(=O)O.Cl.NCc1cccc(Cl)c1F.N[C@@H]1CCC[C@H]1C(=O)NCc1cccc(Cl)c1F.O=C(O)c1cc(Br)c2occc2c1. The van der Waals surface area contributed by atoms with Crippen LogP contribution in [-0.4, -0.2) is 40.0 Å². The minimum atomic E-state index is -0.941. The highest BCUT2D eigenvalue weighted by atomic mass is 79.9. The number of halogens is 8. The van der Waals surface area contributed by atoms with Gasteiger partial charge in [0.05, 0.1) is 43.2 Å². The number of amides is 2. The van der Waals surface area contributed by atoms with Crippen molar-refractivity contribution in [1.82, 2.24) is 10.6 Å². The highest BCUT2D eigenvalue weighted by Crippen LogP contribution is 2.32. The van der Waals surface area contributed by atoms with Crippen molar-refractivity contribution in [2.75, 3.05) is 0 Å². The molecule has 72 heavy (non-hydrogen) atoms. The highest BCUT2D eigenvalue weighted by Gasteiger charge is 2.31. The van der Waals surface area contributed by atoms with Gasteiger partial charge in [0.15, 0.2) is 0 Å². The van der Waals surface area contributed by atoms with Crippen LogP contribution in [0.4, 0.5) is 13.2 Å². The van der Waals surface area contributed by atoms with Crippen molar-refractivity contribution in [3.63, 3.8) is 0 Å². The number of rotatable bonds is 9. The number of aliphatic carboxylic acids is 1. The van der Waals surface area contributed by atoms with E-state index in [0.717, 1.165) is 63.2 Å². The summed E-state index contributed by atoms with van der Waals surface area (Å²) in [6.45, 7) is 4.65. The molecule has 8 N–H and O–H groups in total. The molecule has 3 aliphatic rings. The molecule has 0 spiro atoms. The van der Waals surface area contributed by atoms with Crippen LogP contribution in [0.2, 0.25) is 15.1 Å². The van der Waals surface area contributed by atoms with Crippen LogP contribution in [-0.2, 0) is 34.0 Å². The van der Waals surface area contributed by atoms with Gasteiger partial charge in [-0.25, -0.2) is 18.0 Å². The van der Waals surface area contributed by atoms with E-state index in [1.165, 1.54) is 30.5 Å². The van der Waals surface area contributed by atoms with Crippen LogP contribution in [0.3, 0.4) is 0 Å². The molecule has 19 heteroatoms. The van der Waals surface area contributed by atoms with Gasteiger partial charge in [-0.2, -0.15) is 0 Å². The molecule has 0 unspecified atom stereocenters. The van der Waals surface area contributed by atoms with E-state index >= 15 is 0 Å². The van der Waals surface area contributed by atoms with Crippen LogP contribution in [0.1, 0.15) is 121 Å². The molecule has 1 aromatic heterocycles. The van der Waals surface area contributed by atoms with E-state index in [1.54, 1.807) is 48.5 Å². The maximum absolute atomic E-state index is 13.6. The lowest BCUT2D eigenvalue weighted by Gasteiger charge is -2.15. The van der Waals surface area contributed by atoms with Crippen molar-refractivity contribution in [1.29, 1.82) is 0 Å². The Balaban J connectivity index is 0.000000884. The van der Waals surface area contributed by atoms with Crippen molar-refractivity contribution in [3.8, 4) is 0 Å². The minimum Gasteiger partial charge on any atom is -0.481 e. The summed E-state index contributed by atoms with van der Waals surface area (Å²) in [4.78, 5) is 44.9. The number of furan rings is 1. The molecule has 3 saturated carbocycles. The minimum absolute atomic E-state index is 0. The summed E-state index contributed by atoms with van der Waals surface area (Å²) < 4.78 is 45.8. The third kappa shape index (κ3) is 19.8. The number of nitrogens with two attached hydrogens (primary N) is 2. The van der Waals surface area contributed by atoms with Gasteiger partial charge in [0.1, 0.15) is 23.0 Å². The molecule has 1 heterocycles. The average molecular weight is 1150 g/mol. The summed E-state index contributed by atoms with van der Waals surface area (Å²) in [5.74, 6) is -2.25. The average Bonchev–Trinajstić information content (AvgIpc) is 4.15. The number of carbonyl (C=O) groups excluding carboxylic acids is 2. The normalized spacial score (nSPS) is 19.2. The van der Waals surface area contributed by atoms with E-state index in [4.69, 9.17) is 60.9 Å². The first-order valence-electron chi connectivity index (χ1n) is 22.3. The molecule has 0 saturated heterocycles. The smallest absolute Gasteiger partial charge is 0.335 e. The largest absolute Gasteiger partial charge is 0.481 e. The Kier molecular flexibility index (Phi) is 31.4. The number of hydrogen-bond donors (Lipinski definition) is 6. The molecular weight excluding hydrogens is 1080 g/mol. The lowest BCUT2D eigenvalue weighted by molar-refractivity contribution is -0.142. The monoisotopic (exact) mass is 1150 g/mol. The van der Waals surface area contributed by atoms with Crippen molar-refractivity contribution in [3.05, 3.63) is 138 Å². The Morgan fingerprint density at radius 1 is 0.667 bits per heavy atom. The number of benzene rings is 4. The maximum Gasteiger partial charge on any atom is 0.335 e. The van der Waals surface area contributed by atoms with Crippen LogP contribution >= 0.6 is 63.1 Å². The zero-order valence-corrected chi connectivity index (χ0v) is 42.8. The standard InChI is InChI=1S/C14H17ClFNO.C13H16ClFN2O.C9H5BrO3.C7H7ClFN.C7H12O2.3CH4.ClH/c1-9-4-2-6-11(9)14(18)17-8-10-5-3-7-12(15)13(10)16;14-10-5-1-3-8(12(10)15)7-17-13(18)9-4-2-6-11(9)16;10-7-4-6(9(11)12)3-5-1-2-13-8(5)7;8-6-3-1-2-5(4-10)7(6)9;1-5-3-2-4-6(5)7(8)9;;;;/h3,5,7,9,11H,2,4,6,8H2,1H3,(H,17,18);1,3,5,9,11H,2,4,6-7,16H2,(H,17,18);1-4H,(H,11,12);1-3H,4,10H2;5-6H,2-4H2,1H3,(H,8,9);3*1H4;1H/t2*9-,11-;;;5-,6-;;;;/m11..1..../s1. The first-order chi connectivity index (χ1) is 32.3. The van der Waals surface area contributed by atoms with E-state index in [2.05, 4.69) is 33.5 Å². The van der Waals surface area contributed by atoms with Crippen molar-refractivity contribution >= 4 is 97.9 Å². The first kappa shape index (κ1) is 67.6. The topological polar surface area (TPSA) is 198 Å². The van der Waals surface area contributed by atoms with E-state index in [-0.39, 0.29) is 111 Å². The molecule has 0 radical (unpaired) electrons. The predicted octanol–water partition coefficient (Wildman–Crippen LogP) is 14.4. The molecule has 400 valence electrons. The van der Waals surface area contributed by atoms with Gasteiger partial charge in [-0.15, -0.1) is 12.4 Å². The summed E-state index contributed by atoms with van der Waals surface area (Å²) in [7, 11) is 0. The number of hydrogen-bond acceptors (Lipinski definition) is 7. The molecule has 6 atom stereocenters. The second-order valence-corrected chi connectivity index (χ2v) is 19.0. The van der Waals surface area contributed by atoms with Gasteiger partial charge in [-0.05, 0) is 103 Å². The van der Waals surface area contributed by atoms with Gasteiger partial charge in [0, 0.05) is 53.7 Å².